The minimum absolute atomic E-state index is 0.240. The van der Waals surface area contributed by atoms with Gasteiger partial charge in [0.2, 0.25) is 0 Å². The Kier molecular flexibility index (Phi) is 7.22. The molecule has 0 bridgehead atoms. The van der Waals surface area contributed by atoms with Gasteiger partial charge in [-0.15, -0.1) is 0 Å². The second-order valence-electron chi connectivity index (χ2n) is 7.06. The average Bonchev–Trinajstić information content (AvgIpc) is 3.18. The molecule has 1 heterocycles. The van der Waals surface area contributed by atoms with Gasteiger partial charge in [0, 0.05) is 29.6 Å². The van der Waals surface area contributed by atoms with Crippen LogP contribution in [0.1, 0.15) is 16.7 Å². The maximum atomic E-state index is 12.3. The number of hydrogen-bond acceptors (Lipinski definition) is 5. The van der Waals surface area contributed by atoms with Crippen molar-refractivity contribution in [1.82, 2.24) is 10.3 Å². The number of amides is 1. The van der Waals surface area contributed by atoms with Gasteiger partial charge in [-0.25, -0.2) is 9.59 Å². The van der Waals surface area contributed by atoms with Crippen LogP contribution in [-0.4, -0.2) is 42.6 Å². The van der Waals surface area contributed by atoms with Gasteiger partial charge in [0.15, 0.2) is 6.61 Å². The number of esters is 2. The molecule has 0 aliphatic heterocycles. The maximum absolute atomic E-state index is 12.3. The normalized spacial score (nSPS) is 11.9. The van der Waals surface area contributed by atoms with Crippen molar-refractivity contribution in [3.8, 4) is 0 Å². The summed E-state index contributed by atoms with van der Waals surface area (Å²) < 4.78 is 9.79. The first-order valence-corrected chi connectivity index (χ1v) is 9.80. The molecule has 7 heteroatoms. The number of rotatable bonds is 8. The first kappa shape index (κ1) is 21.8. The lowest BCUT2D eigenvalue weighted by Crippen LogP contribution is -2.44. The minimum Gasteiger partial charge on any atom is -0.467 e. The second-order valence-corrected chi connectivity index (χ2v) is 7.06. The molecule has 1 aromatic heterocycles. The molecule has 7 nitrogen and oxygen atoms in total. The van der Waals surface area contributed by atoms with E-state index in [1.165, 1.54) is 13.2 Å². The van der Waals surface area contributed by atoms with Gasteiger partial charge in [0.1, 0.15) is 6.04 Å². The first-order valence-electron chi connectivity index (χ1n) is 9.80. The van der Waals surface area contributed by atoms with Crippen molar-refractivity contribution in [2.75, 3.05) is 13.7 Å². The van der Waals surface area contributed by atoms with Crippen LogP contribution < -0.4 is 5.32 Å². The molecule has 31 heavy (non-hydrogen) atoms. The highest BCUT2D eigenvalue weighted by molar-refractivity contribution is 5.91. The molecule has 0 fully saturated rings. The van der Waals surface area contributed by atoms with Gasteiger partial charge in [0.25, 0.3) is 5.91 Å². The van der Waals surface area contributed by atoms with Crippen molar-refractivity contribution < 1.29 is 23.9 Å². The van der Waals surface area contributed by atoms with E-state index in [-0.39, 0.29) is 6.42 Å². The largest absolute Gasteiger partial charge is 0.467 e. The zero-order valence-corrected chi connectivity index (χ0v) is 17.4. The van der Waals surface area contributed by atoms with Crippen LogP contribution in [0.3, 0.4) is 0 Å². The summed E-state index contributed by atoms with van der Waals surface area (Å²) in [5.41, 5.74) is 3.72. The van der Waals surface area contributed by atoms with E-state index in [9.17, 15) is 14.4 Å². The van der Waals surface area contributed by atoms with Gasteiger partial charge >= 0.3 is 11.9 Å². The molecule has 0 unspecified atom stereocenters. The molecule has 0 saturated heterocycles. The third kappa shape index (κ3) is 6.05. The molecule has 3 rings (SSSR count). The van der Waals surface area contributed by atoms with Crippen LogP contribution in [0.2, 0.25) is 0 Å². The molecule has 0 aliphatic carbocycles. The van der Waals surface area contributed by atoms with E-state index in [1.54, 1.807) is 12.3 Å². The maximum Gasteiger partial charge on any atom is 0.331 e. The molecule has 0 aliphatic rings. The standard InChI is InChI=1S/C24H24N2O5/c1-16-6-5-7-17(12-16)10-11-23(28)31-15-22(27)26-21(24(29)30-2)13-18-14-25-20-9-4-3-8-19(18)20/h3-12,14,21,25H,13,15H2,1-2H3,(H,26,27)/b11-10+/t21-/m1/s1. The third-order valence-corrected chi connectivity index (χ3v) is 4.72. The summed E-state index contributed by atoms with van der Waals surface area (Å²) in [5.74, 6) is -1.82. The number of ether oxygens (including phenoxy) is 2. The second kappa shape index (κ2) is 10.2. The summed E-state index contributed by atoms with van der Waals surface area (Å²) in [6.07, 6.45) is 4.90. The Balaban J connectivity index is 1.56. The van der Waals surface area contributed by atoms with Crippen LogP contribution >= 0.6 is 0 Å². The Morgan fingerprint density at radius 1 is 1.13 bits per heavy atom. The lowest BCUT2D eigenvalue weighted by Gasteiger charge is -2.16. The van der Waals surface area contributed by atoms with Gasteiger partial charge < -0.3 is 19.8 Å². The first-order chi connectivity index (χ1) is 15.0. The molecule has 1 amide bonds. The smallest absolute Gasteiger partial charge is 0.331 e. The molecule has 3 aromatic rings. The molecule has 0 radical (unpaired) electrons. The van der Waals surface area contributed by atoms with Gasteiger partial charge in [0.05, 0.1) is 7.11 Å². The van der Waals surface area contributed by atoms with Crippen LogP contribution in [0.4, 0.5) is 0 Å². The van der Waals surface area contributed by atoms with E-state index in [1.807, 2.05) is 55.5 Å². The molecule has 0 saturated carbocycles. The fourth-order valence-corrected chi connectivity index (χ4v) is 3.21. The van der Waals surface area contributed by atoms with E-state index in [4.69, 9.17) is 9.47 Å². The predicted molar refractivity (Wildman–Crippen MR) is 117 cm³/mol. The topological polar surface area (TPSA) is 97.5 Å². The van der Waals surface area contributed by atoms with Gasteiger partial charge in [-0.3, -0.25) is 4.79 Å². The predicted octanol–water partition coefficient (Wildman–Crippen LogP) is 2.93. The zero-order valence-electron chi connectivity index (χ0n) is 17.4. The number of aryl methyl sites for hydroxylation is 1. The number of carbonyl (C=O) groups excluding carboxylic acids is 3. The van der Waals surface area contributed by atoms with Crippen molar-refractivity contribution in [2.45, 2.75) is 19.4 Å². The number of hydrogen-bond donors (Lipinski definition) is 2. The summed E-state index contributed by atoms with van der Waals surface area (Å²) >= 11 is 0. The summed E-state index contributed by atoms with van der Waals surface area (Å²) in [6, 6.07) is 14.4. The summed E-state index contributed by atoms with van der Waals surface area (Å²) in [6.45, 7) is 1.45. The number of carbonyl (C=O) groups is 3. The Hall–Kier alpha value is -3.87. The van der Waals surface area contributed by atoms with Gasteiger partial charge in [-0.2, -0.15) is 0 Å². The highest BCUT2D eigenvalue weighted by Crippen LogP contribution is 2.19. The Morgan fingerprint density at radius 3 is 2.71 bits per heavy atom. The number of nitrogens with one attached hydrogen (secondary N) is 2. The number of para-hydroxylation sites is 1. The number of H-pyrrole nitrogens is 1. The number of aromatic nitrogens is 1. The van der Waals surface area contributed by atoms with Crippen molar-refractivity contribution >= 4 is 34.8 Å². The van der Waals surface area contributed by atoms with E-state index >= 15 is 0 Å². The summed E-state index contributed by atoms with van der Waals surface area (Å²) in [4.78, 5) is 39.5. The van der Waals surface area contributed by atoms with Crippen LogP contribution in [-0.2, 0) is 30.3 Å². The highest BCUT2D eigenvalue weighted by Gasteiger charge is 2.23. The van der Waals surface area contributed by atoms with E-state index < -0.39 is 30.5 Å². The van der Waals surface area contributed by atoms with Crippen molar-refractivity contribution in [3.63, 3.8) is 0 Å². The highest BCUT2D eigenvalue weighted by atomic mass is 16.5. The van der Waals surface area contributed by atoms with Crippen LogP contribution in [0.5, 0.6) is 0 Å². The lowest BCUT2D eigenvalue weighted by molar-refractivity contribution is -0.147. The van der Waals surface area contributed by atoms with E-state index in [0.717, 1.165) is 27.6 Å². The average molecular weight is 420 g/mol. The van der Waals surface area contributed by atoms with Crippen molar-refractivity contribution in [3.05, 3.63) is 77.5 Å². The third-order valence-electron chi connectivity index (χ3n) is 4.72. The molecule has 2 N–H and O–H groups in total. The minimum atomic E-state index is -0.904. The fraction of sp³-hybridized carbons (Fsp3) is 0.208. The number of fused-ring (bicyclic) bond motifs is 1. The van der Waals surface area contributed by atoms with Crippen LogP contribution in [0.25, 0.3) is 17.0 Å². The number of methoxy groups -OCH3 is 1. The fourth-order valence-electron chi connectivity index (χ4n) is 3.21. The summed E-state index contributed by atoms with van der Waals surface area (Å²) in [7, 11) is 1.26. The van der Waals surface area contributed by atoms with Crippen molar-refractivity contribution in [1.29, 1.82) is 0 Å². The van der Waals surface area contributed by atoms with Crippen LogP contribution in [0.15, 0.2) is 60.8 Å². The molecule has 1 atom stereocenters. The number of aromatic amines is 1. The van der Waals surface area contributed by atoms with Crippen LogP contribution in [0, 0.1) is 6.92 Å². The Labute approximate surface area is 180 Å². The quantitative estimate of drug-likeness (QED) is 0.431. The van der Waals surface area contributed by atoms with Gasteiger partial charge in [-0.1, -0.05) is 48.0 Å². The molecule has 160 valence electrons. The molecule has 0 spiro atoms. The van der Waals surface area contributed by atoms with Crippen molar-refractivity contribution in [2.24, 2.45) is 0 Å². The Morgan fingerprint density at radius 2 is 1.94 bits per heavy atom. The molecular weight excluding hydrogens is 396 g/mol. The van der Waals surface area contributed by atoms with E-state index in [2.05, 4.69) is 10.3 Å². The van der Waals surface area contributed by atoms with E-state index in [0.29, 0.717) is 0 Å². The summed E-state index contributed by atoms with van der Waals surface area (Å²) in [5, 5.41) is 3.54. The SMILES string of the molecule is COC(=O)[C@@H](Cc1c[nH]c2ccccc12)NC(=O)COC(=O)/C=C/c1cccc(C)c1. The monoisotopic (exact) mass is 420 g/mol. The zero-order chi connectivity index (χ0) is 22.2. The number of benzene rings is 2. The molecule has 2 aromatic carbocycles. The van der Waals surface area contributed by atoms with Gasteiger partial charge in [-0.05, 0) is 30.2 Å². The Bertz CT molecular complexity index is 1120. The molecular formula is C24H24N2O5. The lowest BCUT2D eigenvalue weighted by atomic mass is 10.0.